The van der Waals surface area contributed by atoms with E-state index >= 15 is 0 Å². The van der Waals surface area contributed by atoms with Gasteiger partial charge in [0.2, 0.25) is 0 Å². The second kappa shape index (κ2) is 9.21. The minimum atomic E-state index is -0.748. The van der Waals surface area contributed by atoms with Crippen LogP contribution in [-0.4, -0.2) is 51.8 Å². The van der Waals surface area contributed by atoms with E-state index < -0.39 is 6.23 Å². The lowest BCUT2D eigenvalue weighted by molar-refractivity contribution is 0.0139. The van der Waals surface area contributed by atoms with Crippen LogP contribution in [0.5, 0.6) is 5.75 Å². The molecule has 0 saturated carbocycles. The number of carbonyl (C=O) groups excluding carboxylic acids is 1. The van der Waals surface area contributed by atoms with Crippen molar-refractivity contribution in [1.82, 2.24) is 20.4 Å². The predicted molar refractivity (Wildman–Crippen MR) is 107 cm³/mol. The zero-order valence-electron chi connectivity index (χ0n) is 16.8. The molecule has 3 N–H and O–H groups in total. The molecule has 2 aromatic rings. The Balaban J connectivity index is 1.59. The summed E-state index contributed by atoms with van der Waals surface area (Å²) in [7, 11) is 0. The highest BCUT2D eigenvalue weighted by atomic mass is 16.5. The van der Waals surface area contributed by atoms with Crippen LogP contribution in [0.2, 0.25) is 0 Å². The van der Waals surface area contributed by atoms with Crippen molar-refractivity contribution in [2.24, 2.45) is 0 Å². The molecule has 1 aromatic heterocycles. The van der Waals surface area contributed by atoms with Crippen molar-refractivity contribution < 1.29 is 14.6 Å². The van der Waals surface area contributed by atoms with Crippen molar-refractivity contribution in [1.29, 1.82) is 0 Å². The Morgan fingerprint density at radius 3 is 2.93 bits per heavy atom. The van der Waals surface area contributed by atoms with Crippen molar-refractivity contribution in [3.8, 4) is 5.75 Å². The van der Waals surface area contributed by atoms with Crippen LogP contribution >= 0.6 is 0 Å². The molecule has 2 atom stereocenters. The number of aromatic amines is 1. The largest absolute Gasteiger partial charge is 0.493 e. The van der Waals surface area contributed by atoms with Gasteiger partial charge >= 0.3 is 0 Å². The third kappa shape index (κ3) is 4.72. The average molecular weight is 386 g/mol. The van der Waals surface area contributed by atoms with Gasteiger partial charge in [0.15, 0.2) is 0 Å². The summed E-state index contributed by atoms with van der Waals surface area (Å²) in [6.07, 6.45) is 0.922. The number of aromatic nitrogens is 2. The van der Waals surface area contributed by atoms with Crippen molar-refractivity contribution in [3.63, 3.8) is 0 Å². The summed E-state index contributed by atoms with van der Waals surface area (Å²) in [6, 6.07) is 9.19. The zero-order chi connectivity index (χ0) is 20.1. The third-order valence-corrected chi connectivity index (χ3v) is 4.98. The Morgan fingerprint density at radius 2 is 2.21 bits per heavy atom. The van der Waals surface area contributed by atoms with Gasteiger partial charge in [0.1, 0.15) is 12.0 Å². The fraction of sp³-hybridized carbons (Fsp3) is 0.524. The van der Waals surface area contributed by atoms with E-state index in [1.54, 1.807) is 6.07 Å². The Labute approximate surface area is 166 Å². The van der Waals surface area contributed by atoms with E-state index in [9.17, 15) is 9.90 Å². The molecule has 1 fully saturated rings. The van der Waals surface area contributed by atoms with Gasteiger partial charge in [0, 0.05) is 19.1 Å². The molecule has 0 bridgehead atoms. The van der Waals surface area contributed by atoms with Gasteiger partial charge in [-0.05, 0) is 37.0 Å². The summed E-state index contributed by atoms with van der Waals surface area (Å²) >= 11 is 0. The normalized spacial score (nSPS) is 18.4. The van der Waals surface area contributed by atoms with Crippen molar-refractivity contribution in [3.05, 3.63) is 47.3 Å². The van der Waals surface area contributed by atoms with Crippen molar-refractivity contribution in [2.45, 2.75) is 51.8 Å². The van der Waals surface area contributed by atoms with E-state index in [1.807, 2.05) is 36.1 Å². The molecule has 0 aliphatic carbocycles. The lowest BCUT2D eigenvalue weighted by atomic mass is 10.1. The number of rotatable bonds is 8. The topological polar surface area (TPSA) is 90.5 Å². The standard InChI is InChI=1S/C21H30N4O3/c1-4-11-28-19-8-6-5-7-16(19)20(26)22-15-9-10-25(13-15)21(27)18-12-17(14(2)3)23-24-18/h5-8,12,14-15,21,27H,4,9-11,13H2,1-3H3,(H,22,26)(H,23,24). The van der Waals surface area contributed by atoms with Gasteiger partial charge in [-0.25, -0.2) is 0 Å². The number of amides is 1. The number of benzene rings is 1. The van der Waals surface area contributed by atoms with Crippen LogP contribution in [0.1, 0.15) is 67.5 Å². The van der Waals surface area contributed by atoms with Crippen LogP contribution in [0.15, 0.2) is 30.3 Å². The molecule has 152 valence electrons. The highest BCUT2D eigenvalue weighted by Gasteiger charge is 2.30. The van der Waals surface area contributed by atoms with Gasteiger partial charge in [-0.3, -0.25) is 14.8 Å². The number of hydrogen-bond donors (Lipinski definition) is 3. The number of nitrogens with one attached hydrogen (secondary N) is 2. The molecule has 0 radical (unpaired) electrons. The van der Waals surface area contributed by atoms with Gasteiger partial charge in [-0.2, -0.15) is 5.10 Å². The van der Waals surface area contributed by atoms with Gasteiger partial charge in [-0.15, -0.1) is 0 Å². The van der Waals surface area contributed by atoms with Crippen molar-refractivity contribution >= 4 is 5.91 Å². The van der Waals surface area contributed by atoms with E-state index in [0.717, 1.165) is 18.5 Å². The molecule has 1 aliphatic rings. The quantitative estimate of drug-likeness (QED) is 0.649. The molecule has 1 aliphatic heterocycles. The SMILES string of the molecule is CCCOc1ccccc1C(=O)NC1CCN(C(O)c2cc(C(C)C)n[nH]2)C1. The van der Waals surface area contributed by atoms with E-state index in [1.165, 1.54) is 0 Å². The Hall–Kier alpha value is -2.38. The van der Waals surface area contributed by atoms with E-state index in [2.05, 4.69) is 29.4 Å². The second-order valence-corrected chi connectivity index (χ2v) is 7.58. The van der Waals surface area contributed by atoms with Gasteiger partial charge in [0.25, 0.3) is 5.91 Å². The first kappa shape index (κ1) is 20.4. The average Bonchev–Trinajstić information content (AvgIpc) is 3.36. The first-order valence-corrected chi connectivity index (χ1v) is 9.99. The number of aliphatic hydroxyl groups is 1. The van der Waals surface area contributed by atoms with Crippen LogP contribution in [0.3, 0.4) is 0 Å². The molecule has 2 unspecified atom stereocenters. The molecule has 1 aromatic carbocycles. The summed E-state index contributed by atoms with van der Waals surface area (Å²) in [5, 5.41) is 20.9. The number of carbonyl (C=O) groups is 1. The van der Waals surface area contributed by atoms with E-state index in [0.29, 0.717) is 42.6 Å². The summed E-state index contributed by atoms with van der Waals surface area (Å²) in [6.45, 7) is 8.03. The lowest BCUT2D eigenvalue weighted by Crippen LogP contribution is -2.38. The monoisotopic (exact) mass is 386 g/mol. The van der Waals surface area contributed by atoms with Crippen LogP contribution in [-0.2, 0) is 0 Å². The maximum atomic E-state index is 12.7. The zero-order valence-corrected chi connectivity index (χ0v) is 16.8. The summed E-state index contributed by atoms with van der Waals surface area (Å²) in [5.41, 5.74) is 2.17. The maximum absolute atomic E-state index is 12.7. The smallest absolute Gasteiger partial charge is 0.255 e. The van der Waals surface area contributed by atoms with Crippen LogP contribution in [0, 0.1) is 0 Å². The highest BCUT2D eigenvalue weighted by molar-refractivity contribution is 5.97. The molecule has 0 spiro atoms. The first-order valence-electron chi connectivity index (χ1n) is 9.99. The molecule has 28 heavy (non-hydrogen) atoms. The maximum Gasteiger partial charge on any atom is 0.255 e. The number of likely N-dealkylation sites (tertiary alicyclic amines) is 1. The van der Waals surface area contributed by atoms with Crippen LogP contribution < -0.4 is 10.1 Å². The molecule has 3 rings (SSSR count). The Kier molecular flexibility index (Phi) is 6.70. The van der Waals surface area contributed by atoms with Crippen LogP contribution in [0.4, 0.5) is 0 Å². The molecule has 1 saturated heterocycles. The minimum absolute atomic E-state index is 0.0196. The predicted octanol–water partition coefficient (Wildman–Crippen LogP) is 2.82. The number of hydrogen-bond acceptors (Lipinski definition) is 5. The molecule has 7 nitrogen and oxygen atoms in total. The number of para-hydroxylation sites is 1. The van der Waals surface area contributed by atoms with Crippen LogP contribution in [0.25, 0.3) is 0 Å². The Morgan fingerprint density at radius 1 is 1.43 bits per heavy atom. The van der Waals surface area contributed by atoms with Crippen molar-refractivity contribution in [2.75, 3.05) is 19.7 Å². The first-order chi connectivity index (χ1) is 13.5. The molecule has 1 amide bonds. The highest BCUT2D eigenvalue weighted by Crippen LogP contribution is 2.24. The van der Waals surface area contributed by atoms with Gasteiger partial charge in [-0.1, -0.05) is 32.9 Å². The number of nitrogens with zero attached hydrogens (tertiary/aromatic N) is 2. The molecular weight excluding hydrogens is 356 g/mol. The fourth-order valence-electron chi connectivity index (χ4n) is 3.36. The van der Waals surface area contributed by atoms with E-state index in [-0.39, 0.29) is 11.9 Å². The van der Waals surface area contributed by atoms with Gasteiger partial charge < -0.3 is 15.2 Å². The molecule has 7 heteroatoms. The lowest BCUT2D eigenvalue weighted by Gasteiger charge is -2.22. The molecule has 2 heterocycles. The third-order valence-electron chi connectivity index (χ3n) is 4.98. The summed E-state index contributed by atoms with van der Waals surface area (Å²) in [4.78, 5) is 14.7. The number of H-pyrrole nitrogens is 1. The van der Waals surface area contributed by atoms with Gasteiger partial charge in [0.05, 0.1) is 23.6 Å². The summed E-state index contributed by atoms with van der Waals surface area (Å²) in [5.74, 6) is 0.768. The number of ether oxygens (including phenoxy) is 1. The minimum Gasteiger partial charge on any atom is -0.493 e. The fourth-order valence-corrected chi connectivity index (χ4v) is 3.36. The summed E-state index contributed by atoms with van der Waals surface area (Å²) < 4.78 is 5.69. The molecular formula is C21H30N4O3. The Bertz CT molecular complexity index is 789. The van der Waals surface area contributed by atoms with E-state index in [4.69, 9.17) is 4.74 Å². The number of aliphatic hydroxyl groups excluding tert-OH is 1. The second-order valence-electron chi connectivity index (χ2n) is 7.58.